The van der Waals surface area contributed by atoms with Crippen LogP contribution in [0.3, 0.4) is 0 Å². The molecule has 1 unspecified atom stereocenters. The van der Waals surface area contributed by atoms with E-state index in [-0.39, 0.29) is 11.6 Å². The first-order valence-corrected chi connectivity index (χ1v) is 8.13. The minimum atomic E-state index is -0.425. The van der Waals surface area contributed by atoms with E-state index >= 15 is 0 Å². The van der Waals surface area contributed by atoms with Crippen molar-refractivity contribution in [1.29, 1.82) is 0 Å². The van der Waals surface area contributed by atoms with Crippen molar-refractivity contribution in [3.05, 3.63) is 35.4 Å². The van der Waals surface area contributed by atoms with E-state index in [2.05, 4.69) is 19.2 Å². The van der Waals surface area contributed by atoms with Gasteiger partial charge in [0.05, 0.1) is 0 Å². The van der Waals surface area contributed by atoms with Crippen LogP contribution in [0.25, 0.3) is 0 Å². The average molecular weight is 295 g/mol. The Morgan fingerprint density at radius 3 is 2.05 bits per heavy atom. The molecular weight excluding hydrogens is 268 g/mol. The number of likely N-dealkylation sites (N-methyl/N-ethyl adjacent to an activating group) is 1. The normalized spacial score (nSPS) is 24.3. The Balaban J connectivity index is 2.01. The van der Waals surface area contributed by atoms with Crippen LogP contribution >= 0.6 is 0 Å². The third kappa shape index (κ3) is 4.03. The first-order chi connectivity index (χ1) is 10.0. The van der Waals surface area contributed by atoms with Gasteiger partial charge in [-0.1, -0.05) is 19.9 Å². The van der Waals surface area contributed by atoms with Crippen molar-refractivity contribution in [2.24, 2.45) is 17.8 Å². The van der Waals surface area contributed by atoms with Gasteiger partial charge in [0.15, 0.2) is 0 Å². The molecule has 1 aromatic rings. The molecule has 1 atom stereocenters. The van der Waals surface area contributed by atoms with Gasteiger partial charge in [-0.3, -0.25) is 0 Å². The summed E-state index contributed by atoms with van der Waals surface area (Å²) in [6, 6.07) is 4.28. The van der Waals surface area contributed by atoms with Crippen molar-refractivity contribution in [3.8, 4) is 0 Å². The highest BCUT2D eigenvalue weighted by atomic mass is 19.1. The van der Waals surface area contributed by atoms with E-state index in [1.54, 1.807) is 0 Å². The van der Waals surface area contributed by atoms with E-state index in [9.17, 15) is 8.78 Å². The number of rotatable bonds is 5. The van der Waals surface area contributed by atoms with Crippen LogP contribution in [0.4, 0.5) is 8.78 Å². The van der Waals surface area contributed by atoms with Gasteiger partial charge in [-0.2, -0.15) is 0 Å². The van der Waals surface area contributed by atoms with Gasteiger partial charge in [-0.05, 0) is 69.0 Å². The number of hydrogen-bond donors (Lipinski definition) is 1. The Morgan fingerprint density at radius 2 is 1.57 bits per heavy atom. The summed E-state index contributed by atoms with van der Waals surface area (Å²) in [5.74, 6) is 1.22. The predicted octanol–water partition coefficient (Wildman–Crippen LogP) is 4.56. The zero-order chi connectivity index (χ0) is 15.4. The molecule has 0 saturated heterocycles. The summed E-state index contributed by atoms with van der Waals surface area (Å²) in [6.45, 7) is 4.57. The lowest BCUT2D eigenvalue weighted by atomic mass is 9.73. The first-order valence-electron chi connectivity index (χ1n) is 8.13. The lowest BCUT2D eigenvalue weighted by Gasteiger charge is -2.35. The molecule has 0 spiro atoms. The fraction of sp³-hybridized carbons (Fsp3) is 0.667. The third-order valence-corrected chi connectivity index (χ3v) is 5.18. The van der Waals surface area contributed by atoms with Crippen LogP contribution in [0.2, 0.25) is 0 Å². The molecule has 0 radical (unpaired) electrons. The van der Waals surface area contributed by atoms with Gasteiger partial charge in [0, 0.05) is 11.6 Å². The van der Waals surface area contributed by atoms with Crippen molar-refractivity contribution < 1.29 is 8.78 Å². The molecule has 0 aromatic heterocycles. The third-order valence-electron chi connectivity index (χ3n) is 5.18. The summed E-state index contributed by atoms with van der Waals surface area (Å²) in [5.41, 5.74) is 0.225. The first kappa shape index (κ1) is 16.4. The van der Waals surface area contributed by atoms with Crippen LogP contribution < -0.4 is 5.32 Å². The molecule has 0 heterocycles. The zero-order valence-electron chi connectivity index (χ0n) is 13.3. The molecule has 1 fully saturated rings. The van der Waals surface area contributed by atoms with Gasteiger partial charge < -0.3 is 5.32 Å². The van der Waals surface area contributed by atoms with E-state index in [0.717, 1.165) is 24.7 Å². The van der Waals surface area contributed by atoms with Gasteiger partial charge in [0.25, 0.3) is 0 Å². The molecular formula is C18H27F2N. The quantitative estimate of drug-likeness (QED) is 0.840. The van der Waals surface area contributed by atoms with Gasteiger partial charge in [-0.15, -0.1) is 0 Å². The van der Waals surface area contributed by atoms with E-state index in [1.807, 2.05) is 7.05 Å². The van der Waals surface area contributed by atoms with Crippen LogP contribution in [0.1, 0.15) is 45.1 Å². The van der Waals surface area contributed by atoms with E-state index in [1.165, 1.54) is 31.0 Å². The minimum Gasteiger partial charge on any atom is -0.316 e. The fourth-order valence-corrected chi connectivity index (χ4v) is 3.67. The summed E-state index contributed by atoms with van der Waals surface area (Å²) in [5, 5.41) is 3.29. The molecule has 0 aliphatic heterocycles. The summed E-state index contributed by atoms with van der Waals surface area (Å²) in [7, 11) is 1.90. The van der Waals surface area contributed by atoms with Gasteiger partial charge in [0.1, 0.15) is 11.6 Å². The summed E-state index contributed by atoms with van der Waals surface area (Å²) >= 11 is 0. The van der Waals surface area contributed by atoms with Crippen molar-refractivity contribution in [1.82, 2.24) is 5.32 Å². The molecule has 1 aliphatic rings. The maximum atomic E-state index is 13.8. The SMILES string of the molecule is CNC(Cc1c(F)cccc1F)C1CCC(C(C)C)CC1. The van der Waals surface area contributed by atoms with Crippen LogP contribution in [-0.4, -0.2) is 13.1 Å². The van der Waals surface area contributed by atoms with Gasteiger partial charge >= 0.3 is 0 Å². The molecule has 21 heavy (non-hydrogen) atoms. The van der Waals surface area contributed by atoms with Gasteiger partial charge in [0.2, 0.25) is 0 Å². The second-order valence-electron chi connectivity index (χ2n) is 6.72. The largest absolute Gasteiger partial charge is 0.316 e. The monoisotopic (exact) mass is 295 g/mol. The molecule has 1 aliphatic carbocycles. The lowest BCUT2D eigenvalue weighted by molar-refractivity contribution is 0.190. The van der Waals surface area contributed by atoms with E-state index in [0.29, 0.717) is 12.3 Å². The van der Waals surface area contributed by atoms with Crippen LogP contribution in [0, 0.1) is 29.4 Å². The number of hydrogen-bond acceptors (Lipinski definition) is 1. The van der Waals surface area contributed by atoms with Crippen molar-refractivity contribution in [3.63, 3.8) is 0 Å². The highest BCUT2D eigenvalue weighted by molar-refractivity contribution is 5.21. The predicted molar refractivity (Wildman–Crippen MR) is 83.2 cm³/mol. The standard InChI is InChI=1S/C18H27F2N/c1-12(2)13-7-9-14(10-8-13)18(21-3)11-15-16(19)5-4-6-17(15)20/h4-6,12-14,18,21H,7-11H2,1-3H3. The molecule has 1 nitrogen and oxygen atoms in total. The Bertz CT molecular complexity index is 430. The average Bonchev–Trinajstić information content (AvgIpc) is 2.47. The smallest absolute Gasteiger partial charge is 0.129 e. The van der Waals surface area contributed by atoms with Crippen LogP contribution in [0.5, 0.6) is 0 Å². The fourth-order valence-electron chi connectivity index (χ4n) is 3.67. The van der Waals surface area contributed by atoms with Crippen LogP contribution in [-0.2, 0) is 6.42 Å². The molecule has 0 bridgehead atoms. The van der Waals surface area contributed by atoms with Crippen molar-refractivity contribution >= 4 is 0 Å². The van der Waals surface area contributed by atoms with E-state index in [4.69, 9.17) is 0 Å². The van der Waals surface area contributed by atoms with E-state index < -0.39 is 11.6 Å². The zero-order valence-corrected chi connectivity index (χ0v) is 13.3. The Labute approximate surface area is 127 Å². The Hall–Kier alpha value is -0.960. The lowest BCUT2D eigenvalue weighted by Crippen LogP contribution is -2.38. The molecule has 118 valence electrons. The molecule has 1 aromatic carbocycles. The van der Waals surface area contributed by atoms with Crippen molar-refractivity contribution in [2.45, 2.75) is 52.0 Å². The van der Waals surface area contributed by atoms with Gasteiger partial charge in [-0.25, -0.2) is 8.78 Å². The second kappa shape index (κ2) is 7.35. The highest BCUT2D eigenvalue weighted by Gasteiger charge is 2.29. The topological polar surface area (TPSA) is 12.0 Å². The maximum absolute atomic E-state index is 13.8. The van der Waals surface area contributed by atoms with Crippen LogP contribution in [0.15, 0.2) is 18.2 Å². The van der Waals surface area contributed by atoms with Crippen molar-refractivity contribution in [2.75, 3.05) is 7.05 Å². The molecule has 2 rings (SSSR count). The Kier molecular flexibility index (Phi) is 5.74. The highest BCUT2D eigenvalue weighted by Crippen LogP contribution is 2.35. The molecule has 0 amide bonds. The molecule has 1 saturated carbocycles. The minimum absolute atomic E-state index is 0.157. The molecule has 3 heteroatoms. The maximum Gasteiger partial charge on any atom is 0.129 e. The number of benzene rings is 1. The summed E-state index contributed by atoms with van der Waals surface area (Å²) < 4.78 is 27.6. The number of nitrogens with one attached hydrogen (secondary N) is 1. The number of halogens is 2. The summed E-state index contributed by atoms with van der Waals surface area (Å²) in [4.78, 5) is 0. The summed E-state index contributed by atoms with van der Waals surface area (Å²) in [6.07, 6.45) is 5.22. The Morgan fingerprint density at radius 1 is 1.05 bits per heavy atom. The molecule has 1 N–H and O–H groups in total. The second-order valence-corrected chi connectivity index (χ2v) is 6.72.